The standard InChI is InChI=1S/C12H15N3O5S/c1-9(16)11-4-2-3-7-14(11)21(19,20)10-5-6-12(13-8-10)15(17)18/h5-6,8,11H,2-4,7H2,1H3. The summed E-state index contributed by atoms with van der Waals surface area (Å²) in [4.78, 5) is 24.8. The van der Waals surface area contributed by atoms with Gasteiger partial charge in [-0.15, -0.1) is 0 Å². The van der Waals surface area contributed by atoms with Gasteiger partial charge in [-0.3, -0.25) is 4.79 Å². The maximum absolute atomic E-state index is 12.5. The Morgan fingerprint density at radius 1 is 1.43 bits per heavy atom. The number of nitrogens with zero attached hydrogens (tertiary/aromatic N) is 3. The molecule has 1 unspecified atom stereocenters. The Morgan fingerprint density at radius 3 is 2.67 bits per heavy atom. The predicted molar refractivity (Wildman–Crippen MR) is 73.1 cm³/mol. The Balaban J connectivity index is 2.35. The van der Waals surface area contributed by atoms with Crippen LogP contribution < -0.4 is 0 Å². The van der Waals surface area contributed by atoms with E-state index in [4.69, 9.17) is 0 Å². The molecule has 1 atom stereocenters. The summed E-state index contributed by atoms with van der Waals surface area (Å²) in [6.45, 7) is 1.64. The Morgan fingerprint density at radius 2 is 2.14 bits per heavy atom. The number of pyridine rings is 1. The van der Waals surface area contributed by atoms with Gasteiger partial charge in [0.05, 0.1) is 6.04 Å². The molecule has 0 N–H and O–H groups in total. The van der Waals surface area contributed by atoms with Gasteiger partial charge in [-0.05, 0) is 35.7 Å². The van der Waals surface area contributed by atoms with Crippen LogP contribution >= 0.6 is 0 Å². The average Bonchev–Trinajstić information content (AvgIpc) is 2.47. The minimum Gasteiger partial charge on any atom is -0.358 e. The number of ketones is 1. The highest BCUT2D eigenvalue weighted by Gasteiger charge is 2.36. The number of hydrogen-bond donors (Lipinski definition) is 0. The van der Waals surface area contributed by atoms with Gasteiger partial charge in [0.2, 0.25) is 10.0 Å². The zero-order valence-electron chi connectivity index (χ0n) is 11.4. The Labute approximate surface area is 122 Å². The number of carbonyl (C=O) groups excluding carboxylic acids is 1. The molecule has 21 heavy (non-hydrogen) atoms. The van der Waals surface area contributed by atoms with Crippen LogP contribution in [0, 0.1) is 10.1 Å². The molecule has 0 saturated carbocycles. The van der Waals surface area contributed by atoms with Gasteiger partial charge in [0.15, 0.2) is 6.20 Å². The fourth-order valence-corrected chi connectivity index (χ4v) is 4.02. The summed E-state index contributed by atoms with van der Waals surface area (Å²) in [6.07, 6.45) is 2.94. The lowest BCUT2D eigenvalue weighted by Gasteiger charge is -2.32. The highest BCUT2D eigenvalue weighted by molar-refractivity contribution is 7.89. The first-order valence-corrected chi connectivity index (χ1v) is 7.91. The SMILES string of the molecule is CC(=O)C1CCCCN1S(=O)(=O)c1ccc([N+](=O)[O-])nc1. The molecule has 0 spiro atoms. The van der Waals surface area contributed by atoms with E-state index in [9.17, 15) is 23.3 Å². The van der Waals surface area contributed by atoms with Crippen LogP contribution in [0.1, 0.15) is 26.2 Å². The van der Waals surface area contributed by atoms with Crippen LogP contribution in [0.25, 0.3) is 0 Å². The van der Waals surface area contributed by atoms with Crippen LogP contribution in [0.3, 0.4) is 0 Å². The second-order valence-electron chi connectivity index (χ2n) is 4.85. The third kappa shape index (κ3) is 3.08. The minimum atomic E-state index is -3.87. The average molecular weight is 313 g/mol. The monoisotopic (exact) mass is 313 g/mol. The zero-order chi connectivity index (χ0) is 15.6. The molecule has 9 heteroatoms. The van der Waals surface area contributed by atoms with Crippen molar-refractivity contribution in [2.24, 2.45) is 0 Å². The molecule has 2 heterocycles. The van der Waals surface area contributed by atoms with Crippen LogP contribution in [0.4, 0.5) is 5.82 Å². The van der Waals surface area contributed by atoms with Gasteiger partial charge < -0.3 is 10.1 Å². The molecule has 1 saturated heterocycles. The van der Waals surface area contributed by atoms with Crippen LogP contribution in [0.2, 0.25) is 0 Å². The Bertz CT molecular complexity index is 656. The molecule has 0 bridgehead atoms. The lowest BCUT2D eigenvalue weighted by molar-refractivity contribution is -0.389. The molecule has 0 aromatic carbocycles. The molecular formula is C12H15N3O5S. The second-order valence-corrected chi connectivity index (χ2v) is 6.74. The highest BCUT2D eigenvalue weighted by atomic mass is 32.2. The number of hydrogen-bond acceptors (Lipinski definition) is 6. The van der Waals surface area contributed by atoms with Crippen LogP contribution in [-0.2, 0) is 14.8 Å². The summed E-state index contributed by atoms with van der Waals surface area (Å²) < 4.78 is 26.3. The summed E-state index contributed by atoms with van der Waals surface area (Å²) in [7, 11) is -3.87. The fourth-order valence-electron chi connectivity index (χ4n) is 2.37. The van der Waals surface area contributed by atoms with E-state index in [-0.39, 0.29) is 17.2 Å². The van der Waals surface area contributed by atoms with Crippen molar-refractivity contribution >= 4 is 21.6 Å². The van der Waals surface area contributed by atoms with E-state index in [1.54, 1.807) is 0 Å². The third-order valence-electron chi connectivity index (χ3n) is 3.44. The zero-order valence-corrected chi connectivity index (χ0v) is 12.2. The minimum absolute atomic E-state index is 0.138. The second kappa shape index (κ2) is 5.86. The third-order valence-corrected chi connectivity index (χ3v) is 5.33. The first-order chi connectivity index (χ1) is 9.84. The summed E-state index contributed by atoms with van der Waals surface area (Å²) in [5.74, 6) is -0.621. The molecule has 0 aliphatic carbocycles. The molecule has 1 aliphatic rings. The van der Waals surface area contributed by atoms with Crippen molar-refractivity contribution in [3.8, 4) is 0 Å². The van der Waals surface area contributed by atoms with E-state index < -0.39 is 26.8 Å². The van der Waals surface area contributed by atoms with Gasteiger partial charge >= 0.3 is 5.82 Å². The number of Topliss-reactive ketones (excluding diaryl/α,β-unsaturated/α-hetero) is 1. The normalized spacial score (nSPS) is 20.1. The molecule has 1 aromatic rings. The summed E-state index contributed by atoms with van der Waals surface area (Å²) >= 11 is 0. The van der Waals surface area contributed by atoms with E-state index in [2.05, 4.69) is 4.98 Å². The maximum Gasteiger partial charge on any atom is 0.363 e. The largest absolute Gasteiger partial charge is 0.363 e. The van der Waals surface area contributed by atoms with Gasteiger partial charge in [0.1, 0.15) is 10.7 Å². The first-order valence-electron chi connectivity index (χ1n) is 6.47. The molecule has 1 aromatic heterocycles. The predicted octanol–water partition coefficient (Wildman–Crippen LogP) is 1.12. The smallest absolute Gasteiger partial charge is 0.358 e. The number of sulfonamides is 1. The Kier molecular flexibility index (Phi) is 4.33. The number of rotatable bonds is 4. The van der Waals surface area contributed by atoms with Crippen molar-refractivity contribution in [3.63, 3.8) is 0 Å². The van der Waals surface area contributed by atoms with Crippen LogP contribution in [-0.4, -0.2) is 41.0 Å². The topological polar surface area (TPSA) is 110 Å². The van der Waals surface area contributed by atoms with Crippen molar-refractivity contribution in [3.05, 3.63) is 28.4 Å². The number of piperidine rings is 1. The van der Waals surface area contributed by atoms with Crippen LogP contribution in [0.15, 0.2) is 23.2 Å². The van der Waals surface area contributed by atoms with Gasteiger partial charge in [-0.2, -0.15) is 4.31 Å². The van der Waals surface area contributed by atoms with E-state index in [1.807, 2.05) is 0 Å². The summed E-state index contributed by atoms with van der Waals surface area (Å²) in [5, 5.41) is 10.5. The van der Waals surface area contributed by atoms with E-state index >= 15 is 0 Å². The highest BCUT2D eigenvalue weighted by Crippen LogP contribution is 2.26. The summed E-state index contributed by atoms with van der Waals surface area (Å²) in [5.41, 5.74) is 0. The lowest BCUT2D eigenvalue weighted by atomic mass is 10.0. The summed E-state index contributed by atoms with van der Waals surface area (Å²) in [6, 6.07) is 1.52. The number of carbonyl (C=O) groups is 1. The van der Waals surface area contributed by atoms with Crippen LogP contribution in [0.5, 0.6) is 0 Å². The van der Waals surface area contributed by atoms with Crippen molar-refractivity contribution < 1.29 is 18.1 Å². The molecule has 0 amide bonds. The van der Waals surface area contributed by atoms with Crippen molar-refractivity contribution in [2.75, 3.05) is 6.54 Å². The van der Waals surface area contributed by atoms with Gasteiger partial charge in [0, 0.05) is 12.6 Å². The Hall–Kier alpha value is -1.87. The van der Waals surface area contributed by atoms with Gasteiger partial charge in [-0.1, -0.05) is 6.42 Å². The maximum atomic E-state index is 12.5. The quantitative estimate of drug-likeness (QED) is 0.608. The number of nitro groups is 1. The first kappa shape index (κ1) is 15.5. The molecule has 1 fully saturated rings. The molecular weight excluding hydrogens is 298 g/mol. The molecule has 0 radical (unpaired) electrons. The molecule has 2 rings (SSSR count). The van der Waals surface area contributed by atoms with Crippen molar-refractivity contribution in [1.82, 2.24) is 9.29 Å². The van der Waals surface area contributed by atoms with Crippen molar-refractivity contribution in [2.45, 2.75) is 37.1 Å². The van der Waals surface area contributed by atoms with Gasteiger partial charge in [-0.25, -0.2) is 8.42 Å². The van der Waals surface area contributed by atoms with E-state index in [0.29, 0.717) is 12.8 Å². The molecule has 114 valence electrons. The molecule has 1 aliphatic heterocycles. The number of aromatic nitrogens is 1. The van der Waals surface area contributed by atoms with E-state index in [0.717, 1.165) is 24.8 Å². The van der Waals surface area contributed by atoms with Gasteiger partial charge in [0.25, 0.3) is 0 Å². The van der Waals surface area contributed by atoms with E-state index in [1.165, 1.54) is 11.2 Å². The fraction of sp³-hybridized carbons (Fsp3) is 0.500. The lowest BCUT2D eigenvalue weighted by Crippen LogP contribution is -2.47. The molecule has 8 nitrogen and oxygen atoms in total. The van der Waals surface area contributed by atoms with Crippen molar-refractivity contribution in [1.29, 1.82) is 0 Å².